The van der Waals surface area contributed by atoms with Gasteiger partial charge in [-0.25, -0.2) is 0 Å². The van der Waals surface area contributed by atoms with Crippen molar-refractivity contribution in [2.45, 2.75) is 320 Å². The van der Waals surface area contributed by atoms with E-state index in [2.05, 4.69) is 13.8 Å². The van der Waals surface area contributed by atoms with Crippen LogP contribution in [0.15, 0.2) is 0 Å². The molecule has 1 aliphatic rings. The highest BCUT2D eigenvalue weighted by atomic mass is 16.7. The zero-order chi connectivity index (χ0) is 47.3. The fourth-order valence-corrected chi connectivity index (χ4v) is 9.08. The molecule has 0 aliphatic carbocycles. The summed E-state index contributed by atoms with van der Waals surface area (Å²) < 4.78 is 22.3. The second kappa shape index (κ2) is 46.4. The lowest BCUT2D eigenvalue weighted by molar-refractivity contribution is -0.305. The van der Waals surface area contributed by atoms with Gasteiger partial charge in [0.25, 0.3) is 0 Å². The lowest BCUT2D eigenvalue weighted by Crippen LogP contribution is -2.59. The molecule has 0 saturated carbocycles. The van der Waals surface area contributed by atoms with Gasteiger partial charge in [-0.05, 0) is 12.8 Å². The third-order valence-electron chi connectivity index (χ3n) is 13.5. The van der Waals surface area contributed by atoms with Gasteiger partial charge < -0.3 is 39.4 Å². The van der Waals surface area contributed by atoms with Crippen LogP contribution in [0, 0.1) is 0 Å². The number of hydrogen-bond acceptors (Lipinski definition) is 10. The summed E-state index contributed by atoms with van der Waals surface area (Å²) in [6.45, 7) is 3.50. The van der Waals surface area contributed by atoms with Gasteiger partial charge in [0.05, 0.1) is 13.2 Å². The van der Waals surface area contributed by atoms with E-state index in [-0.39, 0.29) is 32.0 Å². The predicted molar refractivity (Wildman–Crippen MR) is 266 cm³/mol. The maximum Gasteiger partial charge on any atom is 0.306 e. The highest BCUT2D eigenvalue weighted by molar-refractivity contribution is 5.70. The van der Waals surface area contributed by atoms with Crippen molar-refractivity contribution in [2.24, 2.45) is 0 Å². The Kier molecular flexibility index (Phi) is 44.1. The van der Waals surface area contributed by atoms with Crippen LogP contribution in [-0.2, 0) is 28.5 Å². The molecule has 6 atom stereocenters. The SMILES string of the molecule is CCCCCCCCCCCCCCCCCCCCCCCC(=O)OC(COC(=O)CCCCCCCCCCCCCCCCCCCCC)COC1OC(CO)C(O)C(O)C1O. The van der Waals surface area contributed by atoms with Gasteiger partial charge in [-0.15, -0.1) is 0 Å². The minimum Gasteiger partial charge on any atom is -0.462 e. The predicted octanol–water partition coefficient (Wildman–Crippen LogP) is 13.7. The molecule has 4 N–H and O–H groups in total. The molecular weight excluding hydrogens is 821 g/mol. The summed E-state index contributed by atoms with van der Waals surface area (Å²) in [7, 11) is 0. The van der Waals surface area contributed by atoms with Crippen molar-refractivity contribution in [3.63, 3.8) is 0 Å². The van der Waals surface area contributed by atoms with E-state index in [1.165, 1.54) is 218 Å². The summed E-state index contributed by atoms with van der Waals surface area (Å²) in [5.74, 6) is -0.782. The fourth-order valence-electron chi connectivity index (χ4n) is 9.08. The second-order valence-corrected chi connectivity index (χ2v) is 19.8. The van der Waals surface area contributed by atoms with E-state index in [4.69, 9.17) is 18.9 Å². The van der Waals surface area contributed by atoms with E-state index in [1.807, 2.05) is 0 Å². The summed E-state index contributed by atoms with van der Waals surface area (Å²) in [5.41, 5.74) is 0. The van der Waals surface area contributed by atoms with Crippen LogP contribution in [0.25, 0.3) is 0 Å². The first-order valence-electron chi connectivity index (χ1n) is 28.1. The van der Waals surface area contributed by atoms with Crippen LogP contribution in [0.3, 0.4) is 0 Å². The van der Waals surface area contributed by atoms with Crippen molar-refractivity contribution in [1.82, 2.24) is 0 Å². The monoisotopic (exact) mass is 927 g/mol. The van der Waals surface area contributed by atoms with Gasteiger partial charge in [0.2, 0.25) is 0 Å². The molecule has 1 aliphatic heterocycles. The van der Waals surface area contributed by atoms with E-state index < -0.39 is 49.4 Å². The van der Waals surface area contributed by atoms with Crippen LogP contribution in [0.4, 0.5) is 0 Å². The normalized spacial score (nSPS) is 19.1. The van der Waals surface area contributed by atoms with Gasteiger partial charge in [0.1, 0.15) is 31.0 Å². The lowest BCUT2D eigenvalue weighted by Gasteiger charge is -2.39. The number of hydrogen-bond donors (Lipinski definition) is 4. The van der Waals surface area contributed by atoms with Gasteiger partial charge in [0, 0.05) is 12.8 Å². The maximum atomic E-state index is 12.9. The largest absolute Gasteiger partial charge is 0.462 e. The summed E-state index contributed by atoms with van der Waals surface area (Å²) in [4.78, 5) is 25.5. The molecule has 6 unspecified atom stereocenters. The summed E-state index contributed by atoms with van der Waals surface area (Å²) in [6.07, 6.45) is 44.0. The van der Waals surface area contributed by atoms with E-state index in [0.29, 0.717) is 6.42 Å². The lowest BCUT2D eigenvalue weighted by atomic mass is 9.99. The number of carbonyl (C=O) groups excluding carboxylic acids is 2. The van der Waals surface area contributed by atoms with E-state index >= 15 is 0 Å². The minimum absolute atomic E-state index is 0.208. The first-order chi connectivity index (χ1) is 31.8. The number of aliphatic hydroxyl groups is 4. The van der Waals surface area contributed by atoms with Crippen molar-refractivity contribution in [3.05, 3.63) is 0 Å². The molecule has 10 nitrogen and oxygen atoms in total. The van der Waals surface area contributed by atoms with Crippen LogP contribution >= 0.6 is 0 Å². The number of carbonyl (C=O) groups is 2. The van der Waals surface area contributed by atoms with Crippen LogP contribution in [0.2, 0.25) is 0 Å². The van der Waals surface area contributed by atoms with E-state index in [1.54, 1.807) is 0 Å². The standard InChI is InChI=1S/C55H106O10/c1-3-5-7-9-11-13-15-17-19-21-23-24-26-28-30-32-34-36-38-40-42-44-51(58)64-48(47-63-55-54(61)53(60)52(59)49(45-56)65-55)46-62-50(57)43-41-39-37-35-33-31-29-27-25-22-20-18-16-14-12-10-8-6-4-2/h48-49,52-56,59-61H,3-47H2,1-2H3. The van der Waals surface area contributed by atoms with E-state index in [9.17, 15) is 30.0 Å². The second-order valence-electron chi connectivity index (χ2n) is 19.8. The first kappa shape index (κ1) is 61.7. The highest BCUT2D eigenvalue weighted by Gasteiger charge is 2.44. The van der Waals surface area contributed by atoms with Crippen LogP contribution in [-0.4, -0.2) is 89.0 Å². The minimum atomic E-state index is -1.59. The molecule has 1 rings (SSSR count). The van der Waals surface area contributed by atoms with Gasteiger partial charge in [-0.3, -0.25) is 9.59 Å². The number of esters is 2. The molecule has 1 heterocycles. The molecule has 0 aromatic carbocycles. The third-order valence-corrected chi connectivity index (χ3v) is 13.5. The topological polar surface area (TPSA) is 152 Å². The Morgan fingerprint density at radius 1 is 0.415 bits per heavy atom. The summed E-state index contributed by atoms with van der Waals surface area (Å²) in [6, 6.07) is 0. The Morgan fingerprint density at radius 2 is 0.723 bits per heavy atom. The molecule has 0 spiro atoms. The van der Waals surface area contributed by atoms with Gasteiger partial charge in [0.15, 0.2) is 12.4 Å². The molecule has 10 heteroatoms. The Bertz CT molecular complexity index is 1030. The van der Waals surface area contributed by atoms with E-state index in [0.717, 1.165) is 32.1 Å². The smallest absolute Gasteiger partial charge is 0.306 e. The number of aliphatic hydroxyl groups excluding tert-OH is 4. The zero-order valence-corrected chi connectivity index (χ0v) is 42.5. The summed E-state index contributed by atoms with van der Waals surface area (Å²) >= 11 is 0. The zero-order valence-electron chi connectivity index (χ0n) is 42.5. The number of ether oxygens (including phenoxy) is 4. The molecule has 0 amide bonds. The third kappa shape index (κ3) is 37.3. The van der Waals surface area contributed by atoms with Crippen molar-refractivity contribution in [1.29, 1.82) is 0 Å². The number of rotatable bonds is 49. The molecular formula is C55H106O10. The summed E-state index contributed by atoms with van der Waals surface area (Å²) in [5, 5.41) is 40.3. The molecule has 0 radical (unpaired) electrons. The molecule has 0 aromatic heterocycles. The van der Waals surface area contributed by atoms with Gasteiger partial charge >= 0.3 is 11.9 Å². The van der Waals surface area contributed by atoms with Crippen LogP contribution < -0.4 is 0 Å². The quantitative estimate of drug-likeness (QED) is 0.0343. The van der Waals surface area contributed by atoms with Crippen LogP contribution in [0.1, 0.15) is 284 Å². The van der Waals surface area contributed by atoms with Crippen molar-refractivity contribution < 1.29 is 49.0 Å². The highest BCUT2D eigenvalue weighted by Crippen LogP contribution is 2.23. The van der Waals surface area contributed by atoms with Crippen molar-refractivity contribution in [3.8, 4) is 0 Å². The Labute approximate surface area is 399 Å². The molecule has 386 valence electrons. The molecule has 1 fully saturated rings. The van der Waals surface area contributed by atoms with Crippen molar-refractivity contribution in [2.75, 3.05) is 19.8 Å². The first-order valence-corrected chi connectivity index (χ1v) is 28.1. The average Bonchev–Trinajstić information content (AvgIpc) is 3.30. The van der Waals surface area contributed by atoms with Crippen molar-refractivity contribution >= 4 is 11.9 Å². The Morgan fingerprint density at radius 3 is 1.05 bits per heavy atom. The molecule has 1 saturated heterocycles. The number of unbranched alkanes of at least 4 members (excludes halogenated alkanes) is 38. The molecule has 0 bridgehead atoms. The molecule has 0 aromatic rings. The average molecular weight is 927 g/mol. The van der Waals surface area contributed by atoms with Crippen LogP contribution in [0.5, 0.6) is 0 Å². The maximum absolute atomic E-state index is 12.9. The van der Waals surface area contributed by atoms with Gasteiger partial charge in [-0.1, -0.05) is 258 Å². The Hall–Kier alpha value is -1.30. The van der Waals surface area contributed by atoms with Gasteiger partial charge in [-0.2, -0.15) is 0 Å². The molecule has 65 heavy (non-hydrogen) atoms. The fraction of sp³-hybridized carbons (Fsp3) is 0.964. The Balaban J connectivity index is 2.20.